The van der Waals surface area contributed by atoms with E-state index in [-0.39, 0.29) is 0 Å². The molecule has 80 valence electrons. The number of para-hydroxylation sites is 1. The van der Waals surface area contributed by atoms with Gasteiger partial charge in [0.05, 0.1) is 0 Å². The summed E-state index contributed by atoms with van der Waals surface area (Å²) < 4.78 is 0. The summed E-state index contributed by atoms with van der Waals surface area (Å²) in [7, 11) is 0. The van der Waals surface area contributed by atoms with E-state index in [1.807, 2.05) is 54.3 Å². The molecule has 0 aliphatic rings. The van der Waals surface area contributed by atoms with Gasteiger partial charge in [0.25, 0.3) is 0 Å². The Labute approximate surface area is 95.9 Å². The molecule has 0 atom stereocenters. The van der Waals surface area contributed by atoms with Gasteiger partial charge in [-0.25, -0.2) is 4.98 Å². The van der Waals surface area contributed by atoms with Crippen molar-refractivity contribution in [1.82, 2.24) is 4.98 Å². The maximum absolute atomic E-state index is 4.38. The molecule has 2 nitrogen and oxygen atoms in total. The number of aryl methyl sites for hydroxylation is 1. The molecule has 16 heavy (non-hydrogen) atoms. The third kappa shape index (κ3) is 1.96. The first-order valence-electron chi connectivity index (χ1n) is 5.21. The zero-order valence-corrected chi connectivity index (χ0v) is 9.30. The van der Waals surface area contributed by atoms with Crippen LogP contribution in [0.15, 0.2) is 61.4 Å². The standard InChI is InChI=1S/C14H14N2/c1-3-16(13-9-5-4-6-10-13)14-12(2)8-7-11-15-14/h3-11H,1H2,2H3. The van der Waals surface area contributed by atoms with Gasteiger partial charge in [-0.15, -0.1) is 0 Å². The number of rotatable bonds is 3. The number of anilines is 2. The largest absolute Gasteiger partial charge is 0.302 e. The number of benzene rings is 1. The Morgan fingerprint density at radius 3 is 2.50 bits per heavy atom. The first-order chi connectivity index (χ1) is 7.83. The topological polar surface area (TPSA) is 16.1 Å². The van der Waals surface area contributed by atoms with Crippen LogP contribution in [0, 0.1) is 6.92 Å². The minimum atomic E-state index is 0.920. The fourth-order valence-corrected chi connectivity index (χ4v) is 1.63. The molecule has 2 aromatic rings. The SMILES string of the molecule is C=CN(c1ccccc1)c1ncccc1C. The Balaban J connectivity index is 2.45. The van der Waals surface area contributed by atoms with Crippen LogP contribution >= 0.6 is 0 Å². The summed E-state index contributed by atoms with van der Waals surface area (Å²) in [6.45, 7) is 5.88. The van der Waals surface area contributed by atoms with Crippen molar-refractivity contribution in [2.45, 2.75) is 6.92 Å². The summed E-state index contributed by atoms with van der Waals surface area (Å²) in [5.74, 6) is 0.920. The van der Waals surface area contributed by atoms with E-state index >= 15 is 0 Å². The van der Waals surface area contributed by atoms with Gasteiger partial charge in [-0.1, -0.05) is 30.8 Å². The highest BCUT2D eigenvalue weighted by atomic mass is 15.2. The number of pyridine rings is 1. The quantitative estimate of drug-likeness (QED) is 0.768. The Morgan fingerprint density at radius 2 is 1.88 bits per heavy atom. The summed E-state index contributed by atoms with van der Waals surface area (Å²) >= 11 is 0. The molecule has 0 radical (unpaired) electrons. The zero-order chi connectivity index (χ0) is 11.4. The molecule has 0 saturated heterocycles. The van der Waals surface area contributed by atoms with E-state index in [9.17, 15) is 0 Å². The van der Waals surface area contributed by atoms with Crippen molar-refractivity contribution in [3.05, 3.63) is 67.0 Å². The third-order valence-corrected chi connectivity index (χ3v) is 2.43. The molecular formula is C14H14N2. The van der Waals surface area contributed by atoms with Crippen LogP contribution in [0.1, 0.15) is 5.56 Å². The fraction of sp³-hybridized carbons (Fsp3) is 0.0714. The Bertz CT molecular complexity index is 477. The van der Waals surface area contributed by atoms with E-state index in [2.05, 4.69) is 11.6 Å². The normalized spacial score (nSPS) is 9.81. The van der Waals surface area contributed by atoms with Gasteiger partial charge in [-0.2, -0.15) is 0 Å². The molecule has 2 heteroatoms. The second-order valence-electron chi connectivity index (χ2n) is 3.53. The lowest BCUT2D eigenvalue weighted by Crippen LogP contribution is -2.10. The lowest BCUT2D eigenvalue weighted by atomic mass is 10.2. The highest BCUT2D eigenvalue weighted by molar-refractivity contribution is 5.64. The van der Waals surface area contributed by atoms with Gasteiger partial charge < -0.3 is 4.90 Å². The summed E-state index contributed by atoms with van der Waals surface area (Å²) in [6.07, 6.45) is 3.58. The molecule has 0 aliphatic carbocycles. The fourth-order valence-electron chi connectivity index (χ4n) is 1.63. The average Bonchev–Trinajstić information content (AvgIpc) is 2.34. The van der Waals surface area contributed by atoms with E-state index in [0.29, 0.717) is 0 Å². The molecule has 0 bridgehead atoms. The van der Waals surface area contributed by atoms with Crippen LogP contribution in [0.4, 0.5) is 11.5 Å². The maximum Gasteiger partial charge on any atom is 0.139 e. The van der Waals surface area contributed by atoms with E-state index in [4.69, 9.17) is 0 Å². The van der Waals surface area contributed by atoms with Crippen LogP contribution in [0.3, 0.4) is 0 Å². The molecule has 1 aromatic carbocycles. The van der Waals surface area contributed by atoms with Crippen LogP contribution < -0.4 is 4.90 Å². The second kappa shape index (κ2) is 4.62. The van der Waals surface area contributed by atoms with Crippen LogP contribution in [-0.2, 0) is 0 Å². The minimum Gasteiger partial charge on any atom is -0.302 e. The van der Waals surface area contributed by atoms with Crippen molar-refractivity contribution in [3.63, 3.8) is 0 Å². The first kappa shape index (κ1) is 10.4. The monoisotopic (exact) mass is 210 g/mol. The van der Waals surface area contributed by atoms with Crippen molar-refractivity contribution in [2.75, 3.05) is 4.90 Å². The first-order valence-corrected chi connectivity index (χ1v) is 5.21. The minimum absolute atomic E-state index is 0.920. The number of hydrogen-bond donors (Lipinski definition) is 0. The van der Waals surface area contributed by atoms with Crippen molar-refractivity contribution in [2.24, 2.45) is 0 Å². The van der Waals surface area contributed by atoms with Crippen LogP contribution in [0.25, 0.3) is 0 Å². The lowest BCUT2D eigenvalue weighted by Gasteiger charge is -2.20. The van der Waals surface area contributed by atoms with Crippen LogP contribution in [0.2, 0.25) is 0 Å². The Morgan fingerprint density at radius 1 is 1.12 bits per heavy atom. The van der Waals surface area contributed by atoms with Gasteiger partial charge in [0.15, 0.2) is 0 Å². The number of hydrogen-bond acceptors (Lipinski definition) is 2. The maximum atomic E-state index is 4.38. The van der Waals surface area contributed by atoms with E-state index in [0.717, 1.165) is 17.1 Å². The molecule has 0 saturated carbocycles. The Kier molecular flexibility index (Phi) is 3.01. The van der Waals surface area contributed by atoms with Crippen molar-refractivity contribution < 1.29 is 0 Å². The number of nitrogens with zero attached hydrogens (tertiary/aromatic N) is 2. The molecular weight excluding hydrogens is 196 g/mol. The average molecular weight is 210 g/mol. The number of aromatic nitrogens is 1. The summed E-state index contributed by atoms with van der Waals surface area (Å²) in [5.41, 5.74) is 2.20. The summed E-state index contributed by atoms with van der Waals surface area (Å²) in [4.78, 5) is 6.36. The lowest BCUT2D eigenvalue weighted by molar-refractivity contribution is 1.15. The molecule has 1 aromatic heterocycles. The van der Waals surface area contributed by atoms with Gasteiger partial charge in [0.2, 0.25) is 0 Å². The van der Waals surface area contributed by atoms with E-state index < -0.39 is 0 Å². The molecule has 0 unspecified atom stereocenters. The van der Waals surface area contributed by atoms with Crippen molar-refractivity contribution in [1.29, 1.82) is 0 Å². The predicted octanol–water partition coefficient (Wildman–Crippen LogP) is 3.67. The van der Waals surface area contributed by atoms with Gasteiger partial charge in [-0.3, -0.25) is 0 Å². The second-order valence-corrected chi connectivity index (χ2v) is 3.53. The van der Waals surface area contributed by atoms with E-state index in [1.165, 1.54) is 0 Å². The summed E-state index contributed by atoms with van der Waals surface area (Å²) in [6, 6.07) is 14.1. The summed E-state index contributed by atoms with van der Waals surface area (Å²) in [5, 5.41) is 0. The molecule has 2 rings (SSSR count). The molecule has 0 N–H and O–H groups in total. The van der Waals surface area contributed by atoms with Crippen LogP contribution in [-0.4, -0.2) is 4.98 Å². The van der Waals surface area contributed by atoms with E-state index in [1.54, 1.807) is 12.4 Å². The van der Waals surface area contributed by atoms with Crippen molar-refractivity contribution >= 4 is 11.5 Å². The van der Waals surface area contributed by atoms with Gasteiger partial charge >= 0.3 is 0 Å². The highest BCUT2D eigenvalue weighted by Gasteiger charge is 2.08. The smallest absolute Gasteiger partial charge is 0.139 e. The highest BCUT2D eigenvalue weighted by Crippen LogP contribution is 2.25. The molecule has 0 amide bonds. The predicted molar refractivity (Wildman–Crippen MR) is 67.8 cm³/mol. The van der Waals surface area contributed by atoms with Gasteiger partial charge in [0.1, 0.15) is 5.82 Å². The molecule has 1 heterocycles. The zero-order valence-electron chi connectivity index (χ0n) is 9.30. The van der Waals surface area contributed by atoms with Crippen molar-refractivity contribution in [3.8, 4) is 0 Å². The van der Waals surface area contributed by atoms with Gasteiger partial charge in [0, 0.05) is 18.1 Å². The molecule has 0 fully saturated rings. The molecule has 0 spiro atoms. The molecule has 0 aliphatic heterocycles. The third-order valence-electron chi connectivity index (χ3n) is 2.43. The Hall–Kier alpha value is -2.09. The van der Waals surface area contributed by atoms with Crippen LogP contribution in [0.5, 0.6) is 0 Å². The van der Waals surface area contributed by atoms with Gasteiger partial charge in [-0.05, 0) is 30.7 Å².